The van der Waals surface area contributed by atoms with Crippen LogP contribution in [0.4, 0.5) is 0 Å². The molecule has 1 spiro atoms. The first kappa shape index (κ1) is 11.9. The van der Waals surface area contributed by atoms with Crippen molar-refractivity contribution >= 4 is 0 Å². The molecule has 1 N–H and O–H groups in total. The van der Waals surface area contributed by atoms with Gasteiger partial charge in [-0.1, -0.05) is 19.3 Å². The molecule has 1 aliphatic carbocycles. The minimum Gasteiger partial charge on any atom is -0.370 e. The molecule has 3 fully saturated rings. The van der Waals surface area contributed by atoms with Gasteiger partial charge in [0, 0.05) is 19.6 Å². The topological polar surface area (TPSA) is 24.5 Å². The van der Waals surface area contributed by atoms with Gasteiger partial charge in [0.1, 0.15) is 0 Å². The van der Waals surface area contributed by atoms with E-state index in [4.69, 9.17) is 4.74 Å². The summed E-state index contributed by atoms with van der Waals surface area (Å²) in [6.45, 7) is 3.47. The van der Waals surface area contributed by atoms with Crippen LogP contribution in [0.5, 0.6) is 0 Å². The molecule has 3 rings (SSSR count). The predicted molar refractivity (Wildman–Crippen MR) is 68.7 cm³/mol. The molecular weight excluding hydrogens is 212 g/mol. The first-order valence-electron chi connectivity index (χ1n) is 7.53. The molecule has 0 aromatic carbocycles. The van der Waals surface area contributed by atoms with Gasteiger partial charge in [0.15, 0.2) is 0 Å². The fraction of sp³-hybridized carbons (Fsp3) is 1.00. The summed E-state index contributed by atoms with van der Waals surface area (Å²) in [5, 5.41) is 2.40. The van der Waals surface area contributed by atoms with Crippen LogP contribution in [0.1, 0.15) is 57.8 Å². The number of ether oxygens (including phenoxy) is 1. The van der Waals surface area contributed by atoms with Crippen LogP contribution in [0.3, 0.4) is 0 Å². The van der Waals surface area contributed by atoms with Crippen molar-refractivity contribution in [3.05, 3.63) is 0 Å². The van der Waals surface area contributed by atoms with E-state index in [2.05, 4.69) is 10.4 Å². The highest BCUT2D eigenvalue weighted by Crippen LogP contribution is 2.43. The van der Waals surface area contributed by atoms with Crippen molar-refractivity contribution in [2.24, 2.45) is 0 Å². The van der Waals surface area contributed by atoms with Gasteiger partial charge in [-0.05, 0) is 38.5 Å². The fourth-order valence-electron chi connectivity index (χ4n) is 3.71. The highest BCUT2D eigenvalue weighted by atomic mass is 16.5. The Morgan fingerprint density at radius 3 is 2.53 bits per heavy atom. The molecule has 1 atom stereocenters. The number of hydrazine groups is 1. The van der Waals surface area contributed by atoms with E-state index in [9.17, 15) is 0 Å². The molecule has 0 bridgehead atoms. The second-order valence-corrected chi connectivity index (χ2v) is 6.08. The van der Waals surface area contributed by atoms with Crippen molar-refractivity contribution in [3.63, 3.8) is 0 Å². The van der Waals surface area contributed by atoms with E-state index in [1.54, 1.807) is 0 Å². The van der Waals surface area contributed by atoms with Crippen molar-refractivity contribution in [1.82, 2.24) is 10.4 Å². The van der Waals surface area contributed by atoms with Crippen LogP contribution in [0.15, 0.2) is 0 Å². The fourth-order valence-corrected chi connectivity index (χ4v) is 3.71. The molecule has 0 radical (unpaired) electrons. The Morgan fingerprint density at radius 2 is 1.76 bits per heavy atom. The van der Waals surface area contributed by atoms with Crippen molar-refractivity contribution in [1.29, 1.82) is 0 Å². The molecule has 3 nitrogen and oxygen atoms in total. The average Bonchev–Trinajstić information content (AvgIpc) is 2.99. The molecule has 0 amide bonds. The number of hydrogen-bond donors (Lipinski definition) is 1. The predicted octanol–water partition coefficient (Wildman–Crippen LogP) is 2.47. The van der Waals surface area contributed by atoms with Crippen molar-refractivity contribution in [2.75, 3.05) is 19.6 Å². The number of hydrogen-bond acceptors (Lipinski definition) is 3. The Bertz CT molecular complexity index is 245. The third-order valence-electron chi connectivity index (χ3n) is 4.75. The van der Waals surface area contributed by atoms with Crippen LogP contribution < -0.4 is 5.43 Å². The highest BCUT2D eigenvalue weighted by Gasteiger charge is 2.41. The Morgan fingerprint density at radius 1 is 1.00 bits per heavy atom. The van der Waals surface area contributed by atoms with Gasteiger partial charge in [0.25, 0.3) is 0 Å². The lowest BCUT2D eigenvalue weighted by Gasteiger charge is -2.29. The summed E-state index contributed by atoms with van der Waals surface area (Å²) in [4.78, 5) is 0. The third-order valence-corrected chi connectivity index (χ3v) is 4.75. The smallest absolute Gasteiger partial charge is 0.0722 e. The summed E-state index contributed by atoms with van der Waals surface area (Å²) in [6.07, 6.45) is 12.5. The summed E-state index contributed by atoms with van der Waals surface area (Å²) in [5.74, 6) is 0. The molecule has 0 aromatic heterocycles. The number of rotatable bonds is 3. The molecule has 2 heterocycles. The zero-order chi connectivity index (χ0) is 11.6. The second-order valence-electron chi connectivity index (χ2n) is 6.08. The van der Waals surface area contributed by atoms with Crippen molar-refractivity contribution in [2.45, 2.75) is 69.5 Å². The van der Waals surface area contributed by atoms with Crippen LogP contribution in [0.25, 0.3) is 0 Å². The Balaban J connectivity index is 1.41. The average molecular weight is 238 g/mol. The molecule has 2 saturated heterocycles. The van der Waals surface area contributed by atoms with E-state index in [0.29, 0.717) is 11.7 Å². The van der Waals surface area contributed by atoms with Crippen LogP contribution in [-0.2, 0) is 4.74 Å². The highest BCUT2D eigenvalue weighted by molar-refractivity contribution is 4.93. The van der Waals surface area contributed by atoms with E-state index in [1.807, 2.05) is 0 Å². The molecular formula is C14H26N2O. The zero-order valence-corrected chi connectivity index (χ0v) is 10.9. The molecule has 3 heteroatoms. The van der Waals surface area contributed by atoms with Crippen molar-refractivity contribution in [3.8, 4) is 0 Å². The van der Waals surface area contributed by atoms with Gasteiger partial charge in [0.2, 0.25) is 0 Å². The lowest BCUT2D eigenvalue weighted by molar-refractivity contribution is -0.0424. The standard InChI is InChI=1S/C14H26N2O/c1-4-10-16(11-5-1)15-12-13-6-9-14(17-13)7-2-3-8-14/h13,15H,1-12H2. The van der Waals surface area contributed by atoms with E-state index >= 15 is 0 Å². The van der Waals surface area contributed by atoms with E-state index in [1.165, 1.54) is 70.9 Å². The summed E-state index contributed by atoms with van der Waals surface area (Å²) in [6, 6.07) is 0. The van der Waals surface area contributed by atoms with Gasteiger partial charge in [-0.15, -0.1) is 0 Å². The van der Waals surface area contributed by atoms with Crippen LogP contribution in [0, 0.1) is 0 Å². The van der Waals surface area contributed by atoms with E-state index in [-0.39, 0.29) is 0 Å². The molecule has 17 heavy (non-hydrogen) atoms. The molecule has 0 aromatic rings. The van der Waals surface area contributed by atoms with Gasteiger partial charge in [-0.2, -0.15) is 0 Å². The third kappa shape index (κ3) is 2.83. The van der Waals surface area contributed by atoms with E-state index in [0.717, 1.165) is 6.54 Å². The minimum atomic E-state index is 0.300. The maximum absolute atomic E-state index is 6.31. The number of nitrogens with one attached hydrogen (secondary N) is 1. The van der Waals surface area contributed by atoms with Gasteiger partial charge in [-0.25, -0.2) is 5.01 Å². The van der Waals surface area contributed by atoms with E-state index < -0.39 is 0 Å². The van der Waals surface area contributed by atoms with Crippen LogP contribution >= 0.6 is 0 Å². The minimum absolute atomic E-state index is 0.300. The lowest BCUT2D eigenvalue weighted by atomic mass is 9.98. The summed E-state index contributed by atoms with van der Waals surface area (Å²) in [7, 11) is 0. The first-order valence-corrected chi connectivity index (χ1v) is 7.53. The normalized spacial score (nSPS) is 33.5. The molecule has 1 saturated carbocycles. The van der Waals surface area contributed by atoms with Crippen LogP contribution in [0.2, 0.25) is 0 Å². The first-order chi connectivity index (χ1) is 8.36. The van der Waals surface area contributed by atoms with Gasteiger partial charge < -0.3 is 4.74 Å². The second kappa shape index (κ2) is 5.25. The van der Waals surface area contributed by atoms with Gasteiger partial charge >= 0.3 is 0 Å². The van der Waals surface area contributed by atoms with Gasteiger partial charge in [-0.3, -0.25) is 5.43 Å². The monoisotopic (exact) mass is 238 g/mol. The zero-order valence-electron chi connectivity index (χ0n) is 10.9. The summed E-state index contributed by atoms with van der Waals surface area (Å²) < 4.78 is 6.31. The Kier molecular flexibility index (Phi) is 3.69. The number of nitrogens with zero attached hydrogens (tertiary/aromatic N) is 1. The largest absolute Gasteiger partial charge is 0.370 e. The summed E-state index contributed by atoms with van der Waals surface area (Å²) in [5.41, 5.74) is 3.88. The number of piperidine rings is 1. The molecule has 1 unspecified atom stereocenters. The SMILES string of the molecule is C1CCN(NCC2CCC3(CCCC3)O2)CC1. The maximum Gasteiger partial charge on any atom is 0.0722 e. The molecule has 3 aliphatic rings. The lowest BCUT2D eigenvalue weighted by Crippen LogP contribution is -2.45. The molecule has 98 valence electrons. The van der Waals surface area contributed by atoms with Crippen LogP contribution in [-0.4, -0.2) is 36.3 Å². The van der Waals surface area contributed by atoms with Gasteiger partial charge in [0.05, 0.1) is 11.7 Å². The Labute approximate surface area is 105 Å². The maximum atomic E-state index is 6.31. The van der Waals surface area contributed by atoms with Crippen molar-refractivity contribution < 1.29 is 4.74 Å². The Hall–Kier alpha value is -0.120. The molecule has 2 aliphatic heterocycles. The summed E-state index contributed by atoms with van der Waals surface area (Å²) >= 11 is 0. The quantitative estimate of drug-likeness (QED) is 0.817.